The van der Waals surface area contributed by atoms with Crippen molar-refractivity contribution in [3.63, 3.8) is 0 Å². The van der Waals surface area contributed by atoms with Gasteiger partial charge in [0.25, 0.3) is 0 Å². The molecule has 1 aromatic heterocycles. The van der Waals surface area contributed by atoms with Crippen LogP contribution in [0.25, 0.3) is 0 Å². The molecule has 0 amide bonds. The monoisotopic (exact) mass is 273 g/mol. The summed E-state index contributed by atoms with van der Waals surface area (Å²) in [4.78, 5) is 9.56. The molecule has 2 aliphatic rings. The summed E-state index contributed by atoms with van der Waals surface area (Å²) >= 11 is 0. The van der Waals surface area contributed by atoms with Crippen LogP contribution >= 0.6 is 0 Å². The van der Waals surface area contributed by atoms with Crippen molar-refractivity contribution in [3.05, 3.63) is 24.0 Å². The molecule has 0 aromatic carbocycles. The second kappa shape index (κ2) is 6.57. The number of likely N-dealkylation sites (tertiary alicyclic amines) is 1. The van der Waals surface area contributed by atoms with Crippen molar-refractivity contribution in [2.24, 2.45) is 5.92 Å². The molecule has 3 heterocycles. The Balaban J connectivity index is 1.58. The van der Waals surface area contributed by atoms with Crippen LogP contribution in [0, 0.1) is 12.8 Å². The van der Waals surface area contributed by atoms with Gasteiger partial charge in [-0.2, -0.15) is 0 Å². The molecule has 1 aromatic rings. The number of hydrogen-bond acceptors (Lipinski definition) is 3. The lowest BCUT2D eigenvalue weighted by molar-refractivity contribution is 0.185. The average molecular weight is 273 g/mol. The number of anilines is 1. The van der Waals surface area contributed by atoms with Crippen molar-refractivity contribution in [3.8, 4) is 0 Å². The average Bonchev–Trinajstić information content (AvgIpc) is 2.49. The van der Waals surface area contributed by atoms with Gasteiger partial charge in [-0.15, -0.1) is 0 Å². The zero-order valence-electron chi connectivity index (χ0n) is 12.7. The van der Waals surface area contributed by atoms with Crippen LogP contribution in [0.4, 0.5) is 5.69 Å². The van der Waals surface area contributed by atoms with E-state index in [4.69, 9.17) is 0 Å². The van der Waals surface area contributed by atoms with Gasteiger partial charge in [-0.05, 0) is 63.7 Å². The quantitative estimate of drug-likeness (QED) is 0.843. The predicted octanol–water partition coefficient (Wildman–Crippen LogP) is 3.09. The summed E-state index contributed by atoms with van der Waals surface area (Å²) in [5, 5.41) is 0. The lowest BCUT2D eigenvalue weighted by Crippen LogP contribution is -2.42. The normalized spacial score (nSPS) is 24.9. The van der Waals surface area contributed by atoms with Gasteiger partial charge >= 0.3 is 0 Å². The van der Waals surface area contributed by atoms with E-state index < -0.39 is 0 Å². The molecule has 0 spiro atoms. The lowest BCUT2D eigenvalue weighted by Gasteiger charge is -2.38. The Morgan fingerprint density at radius 3 is 2.80 bits per heavy atom. The van der Waals surface area contributed by atoms with Crippen LogP contribution in [0.1, 0.15) is 37.8 Å². The van der Waals surface area contributed by atoms with Crippen LogP contribution in [-0.4, -0.2) is 42.6 Å². The molecule has 3 nitrogen and oxygen atoms in total. The van der Waals surface area contributed by atoms with Gasteiger partial charge in [0.1, 0.15) is 0 Å². The number of pyridine rings is 1. The van der Waals surface area contributed by atoms with E-state index in [0.29, 0.717) is 0 Å². The zero-order chi connectivity index (χ0) is 13.8. The molecule has 0 unspecified atom stereocenters. The molecule has 0 aliphatic carbocycles. The molecule has 2 aliphatic heterocycles. The fourth-order valence-corrected chi connectivity index (χ4v) is 3.68. The summed E-state index contributed by atoms with van der Waals surface area (Å²) < 4.78 is 0. The summed E-state index contributed by atoms with van der Waals surface area (Å²) in [7, 11) is 0. The van der Waals surface area contributed by atoms with Gasteiger partial charge in [0, 0.05) is 37.2 Å². The molecule has 2 saturated heterocycles. The van der Waals surface area contributed by atoms with Crippen molar-refractivity contribution >= 4 is 5.69 Å². The third-order valence-electron chi connectivity index (χ3n) is 4.73. The van der Waals surface area contributed by atoms with Crippen molar-refractivity contribution in [1.82, 2.24) is 9.88 Å². The van der Waals surface area contributed by atoms with Crippen LogP contribution in [0.15, 0.2) is 18.3 Å². The third kappa shape index (κ3) is 3.51. The molecule has 20 heavy (non-hydrogen) atoms. The van der Waals surface area contributed by atoms with E-state index in [1.165, 1.54) is 70.5 Å². The molecule has 3 rings (SSSR count). The second-order valence-corrected chi connectivity index (χ2v) is 6.47. The number of hydrogen-bond donors (Lipinski definition) is 0. The van der Waals surface area contributed by atoms with Crippen molar-refractivity contribution in [2.75, 3.05) is 37.6 Å². The minimum atomic E-state index is 0.843. The van der Waals surface area contributed by atoms with E-state index in [9.17, 15) is 0 Å². The standard InChI is InChI=1S/C17H27N3/c1-15-12-17(7-8-18-15)20-11-5-6-16(14-20)13-19-9-3-2-4-10-19/h7-8,12,16H,2-6,9-11,13-14H2,1H3/t16-/m0/s1. The Hall–Kier alpha value is -1.09. The maximum absolute atomic E-state index is 4.31. The third-order valence-corrected chi connectivity index (χ3v) is 4.73. The Bertz CT molecular complexity index is 426. The highest BCUT2D eigenvalue weighted by atomic mass is 15.2. The zero-order valence-corrected chi connectivity index (χ0v) is 12.7. The van der Waals surface area contributed by atoms with Gasteiger partial charge in [-0.25, -0.2) is 0 Å². The Kier molecular flexibility index (Phi) is 4.56. The number of nitrogens with zero attached hydrogens (tertiary/aromatic N) is 3. The first-order valence-electron chi connectivity index (χ1n) is 8.21. The maximum atomic E-state index is 4.31. The first-order chi connectivity index (χ1) is 9.81. The topological polar surface area (TPSA) is 19.4 Å². The maximum Gasteiger partial charge on any atom is 0.0399 e. The van der Waals surface area contributed by atoms with Crippen LogP contribution < -0.4 is 4.90 Å². The van der Waals surface area contributed by atoms with Crippen molar-refractivity contribution in [1.29, 1.82) is 0 Å². The number of aryl methyl sites for hydroxylation is 1. The van der Waals surface area contributed by atoms with E-state index in [2.05, 4.69) is 33.8 Å². The van der Waals surface area contributed by atoms with E-state index >= 15 is 0 Å². The highest BCUT2D eigenvalue weighted by Gasteiger charge is 2.23. The molecular formula is C17H27N3. The molecule has 0 saturated carbocycles. The fourth-order valence-electron chi connectivity index (χ4n) is 3.68. The van der Waals surface area contributed by atoms with Gasteiger partial charge in [-0.1, -0.05) is 6.42 Å². The lowest BCUT2D eigenvalue weighted by atomic mass is 9.96. The summed E-state index contributed by atoms with van der Waals surface area (Å²) in [6.45, 7) is 8.47. The van der Waals surface area contributed by atoms with E-state index in [-0.39, 0.29) is 0 Å². The molecular weight excluding hydrogens is 246 g/mol. The smallest absolute Gasteiger partial charge is 0.0399 e. The first-order valence-corrected chi connectivity index (χ1v) is 8.21. The van der Waals surface area contributed by atoms with Gasteiger partial charge in [-0.3, -0.25) is 4.98 Å². The summed E-state index contributed by atoms with van der Waals surface area (Å²) in [5.41, 5.74) is 2.49. The Morgan fingerprint density at radius 1 is 1.15 bits per heavy atom. The molecule has 0 N–H and O–H groups in total. The molecule has 110 valence electrons. The molecule has 2 fully saturated rings. The predicted molar refractivity (Wildman–Crippen MR) is 84.2 cm³/mol. The Morgan fingerprint density at radius 2 is 2.00 bits per heavy atom. The van der Waals surface area contributed by atoms with Crippen LogP contribution in [0.5, 0.6) is 0 Å². The fraction of sp³-hybridized carbons (Fsp3) is 0.706. The summed E-state index contributed by atoms with van der Waals surface area (Å²) in [5.74, 6) is 0.843. The molecule has 0 radical (unpaired) electrons. The molecule has 3 heteroatoms. The summed E-state index contributed by atoms with van der Waals surface area (Å²) in [6.07, 6.45) is 8.92. The second-order valence-electron chi connectivity index (χ2n) is 6.47. The number of aromatic nitrogens is 1. The highest BCUT2D eigenvalue weighted by molar-refractivity contribution is 5.46. The van der Waals surface area contributed by atoms with Gasteiger partial charge in [0.15, 0.2) is 0 Å². The van der Waals surface area contributed by atoms with Gasteiger partial charge in [0.2, 0.25) is 0 Å². The van der Waals surface area contributed by atoms with E-state index in [0.717, 1.165) is 11.6 Å². The van der Waals surface area contributed by atoms with Crippen LogP contribution in [0.2, 0.25) is 0 Å². The first kappa shape index (κ1) is 13.9. The van der Waals surface area contributed by atoms with Crippen molar-refractivity contribution in [2.45, 2.75) is 39.0 Å². The van der Waals surface area contributed by atoms with Crippen LogP contribution in [-0.2, 0) is 0 Å². The van der Waals surface area contributed by atoms with Gasteiger partial charge < -0.3 is 9.80 Å². The minimum Gasteiger partial charge on any atom is -0.371 e. The van der Waals surface area contributed by atoms with E-state index in [1.807, 2.05) is 6.20 Å². The molecule has 1 atom stereocenters. The Labute approximate surface area is 123 Å². The van der Waals surface area contributed by atoms with E-state index in [1.54, 1.807) is 0 Å². The highest BCUT2D eigenvalue weighted by Crippen LogP contribution is 2.24. The van der Waals surface area contributed by atoms with Crippen LogP contribution in [0.3, 0.4) is 0 Å². The number of piperidine rings is 2. The number of rotatable bonds is 3. The SMILES string of the molecule is Cc1cc(N2CCC[C@@H](CN3CCCCC3)C2)ccn1. The molecule has 0 bridgehead atoms. The largest absolute Gasteiger partial charge is 0.371 e. The summed E-state index contributed by atoms with van der Waals surface area (Å²) in [6, 6.07) is 4.39. The minimum absolute atomic E-state index is 0.843. The van der Waals surface area contributed by atoms with Crippen molar-refractivity contribution < 1.29 is 0 Å². The van der Waals surface area contributed by atoms with Gasteiger partial charge in [0.05, 0.1) is 0 Å².